The first-order valence-electron chi connectivity index (χ1n) is 12.3. The molecular weight excluding hydrogens is 524 g/mol. The zero-order chi connectivity index (χ0) is 28.4. The maximum atomic E-state index is 13.0. The molecule has 0 aromatic heterocycles. The molecule has 39 heavy (non-hydrogen) atoms. The van der Waals surface area contributed by atoms with Crippen LogP contribution in [-0.2, 0) is 30.8 Å². The first kappa shape index (κ1) is 29.3. The molecule has 0 unspecified atom stereocenters. The standard InChI is InChI=1S/C26H32N6O6S/c27-26(28)29-15-5-4-10-23(33)30-19-13-11-18(12-14-19)17-21(25(35)36)31-24(34)22-9-6-16-32(22)39(37,38)20-7-2-1-3-8-20/h1-3,6-9,11-14,21-22H,4-5,10,15-17H2,(H,30,33)(H,31,34)(H,35,36)(H4,27,28,29)/t21-,22-/m0/s1. The molecule has 2 amide bonds. The molecule has 1 aliphatic rings. The molecule has 0 fully saturated rings. The van der Waals surface area contributed by atoms with E-state index >= 15 is 0 Å². The van der Waals surface area contributed by atoms with Crippen molar-refractivity contribution in [3.8, 4) is 0 Å². The summed E-state index contributed by atoms with van der Waals surface area (Å²) in [6, 6.07) is 11.8. The summed E-state index contributed by atoms with van der Waals surface area (Å²) in [4.78, 5) is 40.9. The number of unbranched alkanes of at least 4 members (excludes halogenated alkanes) is 1. The van der Waals surface area contributed by atoms with Crippen LogP contribution in [-0.4, -0.2) is 66.7 Å². The number of aliphatic carboxylic acids is 1. The minimum Gasteiger partial charge on any atom is -0.480 e. The summed E-state index contributed by atoms with van der Waals surface area (Å²) in [5, 5.41) is 14.9. The Bertz CT molecular complexity index is 1320. The smallest absolute Gasteiger partial charge is 0.326 e. The van der Waals surface area contributed by atoms with Gasteiger partial charge in [0.25, 0.3) is 0 Å². The van der Waals surface area contributed by atoms with Gasteiger partial charge in [0.15, 0.2) is 5.96 Å². The second-order valence-electron chi connectivity index (χ2n) is 8.87. The number of guanidine groups is 1. The van der Waals surface area contributed by atoms with E-state index in [1.807, 2.05) is 0 Å². The highest BCUT2D eigenvalue weighted by Crippen LogP contribution is 2.22. The molecule has 12 nitrogen and oxygen atoms in total. The van der Waals surface area contributed by atoms with Gasteiger partial charge in [-0.1, -0.05) is 42.5 Å². The quantitative estimate of drug-likeness (QED) is 0.103. The van der Waals surface area contributed by atoms with Crippen molar-refractivity contribution in [2.45, 2.75) is 42.7 Å². The summed E-state index contributed by atoms with van der Waals surface area (Å²) in [5.74, 6) is -2.17. The van der Waals surface area contributed by atoms with Crippen LogP contribution in [0.4, 0.5) is 5.69 Å². The van der Waals surface area contributed by atoms with Crippen molar-refractivity contribution in [1.29, 1.82) is 0 Å². The number of amides is 2. The lowest BCUT2D eigenvalue weighted by Crippen LogP contribution is -2.51. The summed E-state index contributed by atoms with van der Waals surface area (Å²) in [7, 11) is -3.96. The lowest BCUT2D eigenvalue weighted by Gasteiger charge is -2.25. The Balaban J connectivity index is 1.57. The predicted octanol–water partition coefficient (Wildman–Crippen LogP) is 0.810. The van der Waals surface area contributed by atoms with Crippen LogP contribution >= 0.6 is 0 Å². The van der Waals surface area contributed by atoms with E-state index in [1.165, 1.54) is 18.2 Å². The molecular formula is C26H32N6O6S. The lowest BCUT2D eigenvalue weighted by molar-refractivity contribution is -0.142. The van der Waals surface area contributed by atoms with Crippen molar-refractivity contribution >= 4 is 39.5 Å². The fourth-order valence-corrected chi connectivity index (χ4v) is 5.46. The number of carboxylic acid groups (broad SMARTS) is 1. The van der Waals surface area contributed by atoms with Crippen LogP contribution in [0.15, 0.2) is 76.6 Å². The summed E-state index contributed by atoms with van der Waals surface area (Å²) < 4.78 is 27.1. The number of hydrogen-bond donors (Lipinski definition) is 5. The number of nitrogens with zero attached hydrogens (tertiary/aromatic N) is 2. The zero-order valence-electron chi connectivity index (χ0n) is 21.2. The van der Waals surface area contributed by atoms with Gasteiger partial charge in [0.05, 0.1) is 4.90 Å². The minimum atomic E-state index is -3.96. The third kappa shape index (κ3) is 8.38. The number of carboxylic acids is 1. The molecule has 7 N–H and O–H groups in total. The first-order chi connectivity index (χ1) is 18.6. The van der Waals surface area contributed by atoms with Crippen LogP contribution in [0.1, 0.15) is 24.8 Å². The van der Waals surface area contributed by atoms with Crippen molar-refractivity contribution in [2.24, 2.45) is 16.5 Å². The number of rotatable bonds is 13. The maximum absolute atomic E-state index is 13.0. The number of sulfonamides is 1. The van der Waals surface area contributed by atoms with E-state index in [9.17, 15) is 27.9 Å². The van der Waals surface area contributed by atoms with Crippen molar-refractivity contribution in [3.05, 3.63) is 72.3 Å². The van der Waals surface area contributed by atoms with Crippen molar-refractivity contribution in [1.82, 2.24) is 9.62 Å². The molecule has 208 valence electrons. The zero-order valence-corrected chi connectivity index (χ0v) is 22.0. The van der Waals surface area contributed by atoms with Gasteiger partial charge >= 0.3 is 5.97 Å². The molecule has 0 saturated heterocycles. The van der Waals surface area contributed by atoms with E-state index in [1.54, 1.807) is 48.5 Å². The predicted molar refractivity (Wildman–Crippen MR) is 146 cm³/mol. The molecule has 0 saturated carbocycles. The Morgan fingerprint density at radius 3 is 2.38 bits per heavy atom. The summed E-state index contributed by atoms with van der Waals surface area (Å²) in [5.41, 5.74) is 11.7. The molecule has 3 rings (SSSR count). The lowest BCUT2D eigenvalue weighted by atomic mass is 10.0. The van der Waals surface area contributed by atoms with Gasteiger partial charge in [0.1, 0.15) is 12.1 Å². The topological polar surface area (TPSA) is 197 Å². The first-order valence-corrected chi connectivity index (χ1v) is 13.7. The fourth-order valence-electron chi connectivity index (χ4n) is 3.94. The van der Waals surface area contributed by atoms with Gasteiger partial charge in [-0.25, -0.2) is 13.2 Å². The van der Waals surface area contributed by atoms with Gasteiger partial charge in [-0.05, 0) is 42.7 Å². The SMILES string of the molecule is NC(N)=NCCCCC(=O)Nc1ccc(C[C@H](NC(=O)[C@@H]2C=CCN2S(=O)(=O)c2ccccc2)C(=O)O)cc1. The number of aliphatic imine (C=N–C) groups is 1. The molecule has 0 spiro atoms. The number of hydrogen-bond acceptors (Lipinski definition) is 6. The molecule has 2 atom stereocenters. The van der Waals surface area contributed by atoms with Crippen molar-refractivity contribution < 1.29 is 27.9 Å². The number of carbonyl (C=O) groups excluding carboxylic acids is 2. The number of nitrogens with two attached hydrogens (primary N) is 2. The van der Waals surface area contributed by atoms with E-state index in [-0.39, 0.29) is 29.7 Å². The molecule has 0 aliphatic carbocycles. The monoisotopic (exact) mass is 556 g/mol. The van der Waals surface area contributed by atoms with E-state index < -0.39 is 34.0 Å². The molecule has 13 heteroatoms. The molecule has 0 bridgehead atoms. The Morgan fingerprint density at radius 2 is 1.74 bits per heavy atom. The normalized spacial score (nSPS) is 15.8. The van der Waals surface area contributed by atoms with Gasteiger partial charge in [-0.2, -0.15) is 4.31 Å². The van der Waals surface area contributed by atoms with E-state index in [0.29, 0.717) is 37.1 Å². The number of carbonyl (C=O) groups is 3. The van der Waals surface area contributed by atoms with Crippen LogP contribution < -0.4 is 22.1 Å². The van der Waals surface area contributed by atoms with Crippen LogP contribution in [0.5, 0.6) is 0 Å². The third-order valence-corrected chi connectivity index (χ3v) is 7.79. The van der Waals surface area contributed by atoms with Crippen molar-refractivity contribution in [2.75, 3.05) is 18.4 Å². The number of nitrogens with one attached hydrogen (secondary N) is 2. The van der Waals surface area contributed by atoms with Gasteiger partial charge in [-0.3, -0.25) is 14.6 Å². The van der Waals surface area contributed by atoms with E-state index in [4.69, 9.17) is 11.5 Å². The van der Waals surface area contributed by atoms with Crippen LogP contribution in [0.2, 0.25) is 0 Å². The number of benzene rings is 2. The Kier molecular flexibility index (Phi) is 10.2. The molecule has 2 aromatic rings. The Hall–Kier alpha value is -4.23. The second-order valence-corrected chi connectivity index (χ2v) is 10.8. The molecule has 2 aromatic carbocycles. The fraction of sp³-hybridized carbons (Fsp3) is 0.308. The van der Waals surface area contributed by atoms with Gasteiger partial charge in [0.2, 0.25) is 21.8 Å². The summed E-state index contributed by atoms with van der Waals surface area (Å²) in [6.45, 7) is 0.444. The van der Waals surface area contributed by atoms with Gasteiger partial charge < -0.3 is 27.2 Å². The van der Waals surface area contributed by atoms with Gasteiger partial charge in [0, 0.05) is 31.6 Å². The number of anilines is 1. The van der Waals surface area contributed by atoms with Crippen LogP contribution in [0.3, 0.4) is 0 Å². The molecule has 0 radical (unpaired) electrons. The highest BCUT2D eigenvalue weighted by Gasteiger charge is 2.37. The van der Waals surface area contributed by atoms with Crippen LogP contribution in [0, 0.1) is 0 Å². The highest BCUT2D eigenvalue weighted by atomic mass is 32.2. The van der Waals surface area contributed by atoms with E-state index in [0.717, 1.165) is 4.31 Å². The van der Waals surface area contributed by atoms with Crippen molar-refractivity contribution in [3.63, 3.8) is 0 Å². The summed E-state index contributed by atoms with van der Waals surface area (Å²) >= 11 is 0. The molecule has 1 aliphatic heterocycles. The Labute approximate surface area is 226 Å². The minimum absolute atomic E-state index is 0.00347. The Morgan fingerprint density at radius 1 is 1.05 bits per heavy atom. The maximum Gasteiger partial charge on any atom is 0.326 e. The average Bonchev–Trinajstić information content (AvgIpc) is 3.41. The van der Waals surface area contributed by atoms with Crippen LogP contribution in [0.25, 0.3) is 0 Å². The molecule has 1 heterocycles. The second kappa shape index (κ2) is 13.5. The largest absolute Gasteiger partial charge is 0.480 e. The van der Waals surface area contributed by atoms with E-state index in [2.05, 4.69) is 15.6 Å². The summed E-state index contributed by atoms with van der Waals surface area (Å²) in [6.07, 6.45) is 4.52. The third-order valence-electron chi connectivity index (χ3n) is 5.93. The van der Waals surface area contributed by atoms with Gasteiger partial charge in [-0.15, -0.1) is 0 Å². The average molecular weight is 557 g/mol. The highest BCUT2D eigenvalue weighted by molar-refractivity contribution is 7.89.